The molecule has 0 aliphatic heterocycles. The van der Waals surface area contributed by atoms with Gasteiger partial charge in [0.05, 0.1) is 12.7 Å². The molecule has 0 aromatic rings. The normalized spacial score (nSPS) is 29.0. The molecule has 1 N–H and O–H groups in total. The number of ether oxygens (including phenoxy) is 1. The molecule has 0 spiro atoms. The minimum Gasteiger partial charge on any atom is -0.377 e. The number of hydrogen-bond acceptors (Lipinski definition) is 2. The average molecular weight is 213 g/mol. The molecule has 1 unspecified atom stereocenters. The molecule has 0 aromatic carbocycles. The van der Waals surface area contributed by atoms with Gasteiger partial charge in [-0.15, -0.1) is 0 Å². The van der Waals surface area contributed by atoms with Crippen molar-refractivity contribution < 1.29 is 4.74 Å². The van der Waals surface area contributed by atoms with Gasteiger partial charge in [-0.05, 0) is 44.6 Å². The first kappa shape index (κ1) is 13.0. The maximum absolute atomic E-state index is 5.97. The summed E-state index contributed by atoms with van der Waals surface area (Å²) in [5.74, 6) is 0.917. The Labute approximate surface area is 94.8 Å². The highest BCUT2D eigenvalue weighted by Crippen LogP contribution is 2.25. The van der Waals surface area contributed by atoms with E-state index in [-0.39, 0.29) is 0 Å². The second-order valence-corrected chi connectivity index (χ2v) is 4.88. The Morgan fingerprint density at radius 1 is 1.20 bits per heavy atom. The van der Waals surface area contributed by atoms with Crippen molar-refractivity contribution in [1.82, 2.24) is 5.32 Å². The second kappa shape index (κ2) is 7.24. The summed E-state index contributed by atoms with van der Waals surface area (Å²) in [7, 11) is 0. The lowest BCUT2D eigenvalue weighted by Gasteiger charge is -2.28. The van der Waals surface area contributed by atoms with E-state index >= 15 is 0 Å². The summed E-state index contributed by atoms with van der Waals surface area (Å²) >= 11 is 0. The van der Waals surface area contributed by atoms with Crippen molar-refractivity contribution in [2.24, 2.45) is 5.92 Å². The van der Waals surface area contributed by atoms with Crippen molar-refractivity contribution in [3.05, 3.63) is 0 Å². The molecule has 0 amide bonds. The lowest BCUT2D eigenvalue weighted by Crippen LogP contribution is -2.35. The third kappa shape index (κ3) is 4.98. The maximum Gasteiger partial charge on any atom is 0.0623 e. The van der Waals surface area contributed by atoms with Crippen LogP contribution >= 0.6 is 0 Å². The predicted octanol–water partition coefficient (Wildman–Crippen LogP) is 2.97. The Hall–Kier alpha value is -0.0800. The first-order valence-electron chi connectivity index (χ1n) is 6.61. The van der Waals surface area contributed by atoms with Crippen LogP contribution in [-0.2, 0) is 4.74 Å². The van der Waals surface area contributed by atoms with Gasteiger partial charge in [0.2, 0.25) is 0 Å². The molecule has 1 rings (SSSR count). The minimum atomic E-state index is 0.536. The summed E-state index contributed by atoms with van der Waals surface area (Å²) in [6.07, 6.45) is 6.93. The standard InChI is InChI=1S/C13H27NO/c1-4-12(14-5-2)10-15-13-8-6-11(3)7-9-13/h11-14H,4-10H2,1-3H3. The molecular weight excluding hydrogens is 186 g/mol. The van der Waals surface area contributed by atoms with E-state index in [0.717, 1.165) is 25.5 Å². The van der Waals surface area contributed by atoms with Gasteiger partial charge < -0.3 is 10.1 Å². The van der Waals surface area contributed by atoms with E-state index in [1.165, 1.54) is 25.7 Å². The van der Waals surface area contributed by atoms with E-state index in [9.17, 15) is 0 Å². The fourth-order valence-electron chi connectivity index (χ4n) is 2.26. The van der Waals surface area contributed by atoms with Crippen molar-refractivity contribution in [3.63, 3.8) is 0 Å². The predicted molar refractivity (Wildman–Crippen MR) is 65.1 cm³/mol. The van der Waals surface area contributed by atoms with Crippen LogP contribution in [0.5, 0.6) is 0 Å². The van der Waals surface area contributed by atoms with Gasteiger partial charge in [-0.1, -0.05) is 20.8 Å². The zero-order valence-electron chi connectivity index (χ0n) is 10.6. The first-order valence-corrected chi connectivity index (χ1v) is 6.61. The fourth-order valence-corrected chi connectivity index (χ4v) is 2.26. The Kier molecular flexibility index (Phi) is 6.26. The molecule has 1 aliphatic rings. The van der Waals surface area contributed by atoms with Crippen LogP contribution in [0.3, 0.4) is 0 Å². The van der Waals surface area contributed by atoms with Crippen LogP contribution < -0.4 is 5.32 Å². The molecule has 0 saturated heterocycles. The van der Waals surface area contributed by atoms with Crippen LogP contribution in [0.1, 0.15) is 52.9 Å². The van der Waals surface area contributed by atoms with Gasteiger partial charge in [0.1, 0.15) is 0 Å². The number of hydrogen-bond donors (Lipinski definition) is 1. The minimum absolute atomic E-state index is 0.536. The second-order valence-electron chi connectivity index (χ2n) is 4.88. The van der Waals surface area contributed by atoms with Crippen LogP contribution in [0.2, 0.25) is 0 Å². The molecule has 0 radical (unpaired) electrons. The van der Waals surface area contributed by atoms with Crippen LogP contribution in [-0.4, -0.2) is 25.3 Å². The summed E-state index contributed by atoms with van der Waals surface area (Å²) in [6, 6.07) is 0.550. The maximum atomic E-state index is 5.97. The highest BCUT2D eigenvalue weighted by atomic mass is 16.5. The van der Waals surface area contributed by atoms with Gasteiger partial charge >= 0.3 is 0 Å². The quantitative estimate of drug-likeness (QED) is 0.732. The van der Waals surface area contributed by atoms with Crippen LogP contribution in [0, 0.1) is 5.92 Å². The molecule has 90 valence electrons. The van der Waals surface area contributed by atoms with E-state index in [0.29, 0.717) is 12.1 Å². The number of rotatable bonds is 6. The molecule has 2 heteroatoms. The molecule has 1 fully saturated rings. The highest BCUT2D eigenvalue weighted by Gasteiger charge is 2.19. The molecule has 1 aliphatic carbocycles. The van der Waals surface area contributed by atoms with E-state index in [2.05, 4.69) is 26.1 Å². The van der Waals surface area contributed by atoms with Crippen molar-refractivity contribution in [2.75, 3.05) is 13.2 Å². The summed E-state index contributed by atoms with van der Waals surface area (Å²) in [5, 5.41) is 3.46. The highest BCUT2D eigenvalue weighted by molar-refractivity contribution is 4.71. The Balaban J connectivity index is 2.12. The van der Waals surface area contributed by atoms with Crippen LogP contribution in [0.25, 0.3) is 0 Å². The monoisotopic (exact) mass is 213 g/mol. The zero-order valence-corrected chi connectivity index (χ0v) is 10.6. The lowest BCUT2D eigenvalue weighted by atomic mass is 9.89. The molecule has 0 aromatic heterocycles. The third-order valence-corrected chi connectivity index (χ3v) is 3.48. The molecule has 15 heavy (non-hydrogen) atoms. The molecule has 0 bridgehead atoms. The van der Waals surface area contributed by atoms with Gasteiger partial charge in [-0.25, -0.2) is 0 Å². The van der Waals surface area contributed by atoms with Gasteiger partial charge in [0.25, 0.3) is 0 Å². The summed E-state index contributed by atoms with van der Waals surface area (Å²) in [6.45, 7) is 8.67. The first-order chi connectivity index (χ1) is 7.26. The molecule has 0 heterocycles. The number of nitrogens with one attached hydrogen (secondary N) is 1. The fraction of sp³-hybridized carbons (Fsp3) is 1.00. The van der Waals surface area contributed by atoms with Gasteiger partial charge in [-0.3, -0.25) is 0 Å². The van der Waals surface area contributed by atoms with E-state index in [1.54, 1.807) is 0 Å². The SMILES string of the molecule is CCNC(CC)COC1CCC(C)CC1. The van der Waals surface area contributed by atoms with Crippen LogP contribution in [0.4, 0.5) is 0 Å². The summed E-state index contributed by atoms with van der Waals surface area (Å²) in [5.41, 5.74) is 0. The smallest absolute Gasteiger partial charge is 0.0623 e. The van der Waals surface area contributed by atoms with E-state index < -0.39 is 0 Å². The van der Waals surface area contributed by atoms with Gasteiger partial charge in [-0.2, -0.15) is 0 Å². The molecule has 2 nitrogen and oxygen atoms in total. The molecule has 1 atom stereocenters. The Bertz CT molecular complexity index is 153. The Morgan fingerprint density at radius 2 is 1.87 bits per heavy atom. The van der Waals surface area contributed by atoms with Gasteiger partial charge in [0, 0.05) is 6.04 Å². The summed E-state index contributed by atoms with van der Waals surface area (Å²) < 4.78 is 5.97. The van der Waals surface area contributed by atoms with E-state index in [1.807, 2.05) is 0 Å². The summed E-state index contributed by atoms with van der Waals surface area (Å²) in [4.78, 5) is 0. The lowest BCUT2D eigenvalue weighted by molar-refractivity contribution is 0.00797. The molecule has 1 saturated carbocycles. The Morgan fingerprint density at radius 3 is 2.40 bits per heavy atom. The zero-order chi connectivity index (χ0) is 11.1. The van der Waals surface area contributed by atoms with Crippen molar-refractivity contribution in [1.29, 1.82) is 0 Å². The molecular formula is C13H27NO. The average Bonchev–Trinajstić information content (AvgIpc) is 2.26. The van der Waals surface area contributed by atoms with Gasteiger partial charge in [0.15, 0.2) is 0 Å². The topological polar surface area (TPSA) is 21.3 Å². The van der Waals surface area contributed by atoms with E-state index in [4.69, 9.17) is 4.74 Å². The van der Waals surface area contributed by atoms with Crippen molar-refractivity contribution in [3.8, 4) is 0 Å². The largest absolute Gasteiger partial charge is 0.377 e. The van der Waals surface area contributed by atoms with Crippen LogP contribution in [0.15, 0.2) is 0 Å². The number of likely N-dealkylation sites (N-methyl/N-ethyl adjacent to an activating group) is 1. The van der Waals surface area contributed by atoms with Crippen molar-refractivity contribution in [2.45, 2.75) is 65.0 Å². The third-order valence-electron chi connectivity index (χ3n) is 3.48. The van der Waals surface area contributed by atoms with Crippen molar-refractivity contribution >= 4 is 0 Å².